The number of carbonyl (C=O) groups excluding carboxylic acids is 2. The van der Waals surface area contributed by atoms with Crippen LogP contribution in [0.15, 0.2) is 98.1 Å². The second-order valence-corrected chi connectivity index (χ2v) is 12.8. The van der Waals surface area contributed by atoms with Crippen molar-refractivity contribution in [2.45, 2.75) is 33.2 Å². The Kier molecular flexibility index (Phi) is 14.3. The van der Waals surface area contributed by atoms with Crippen LogP contribution < -0.4 is 5.73 Å². The Balaban J connectivity index is 0.000000175. The molecule has 312 valence electrons. The summed E-state index contributed by atoms with van der Waals surface area (Å²) in [6.45, 7) is 4.20. The molecule has 0 fully saturated rings. The maximum absolute atomic E-state index is 13.7. The van der Waals surface area contributed by atoms with Gasteiger partial charge in [-0.05, 0) is 75.2 Å². The summed E-state index contributed by atoms with van der Waals surface area (Å²) in [7, 11) is 0. The van der Waals surface area contributed by atoms with Crippen LogP contribution in [0, 0.1) is 23.3 Å². The van der Waals surface area contributed by atoms with Crippen LogP contribution in [0.4, 0.5) is 17.6 Å². The Morgan fingerprint density at radius 3 is 1.57 bits per heavy atom. The molecule has 0 saturated carbocycles. The summed E-state index contributed by atoms with van der Waals surface area (Å²) in [5.41, 5.74) is 9.39. The minimum Gasteiger partial charge on any atom is -0.462 e. The van der Waals surface area contributed by atoms with Crippen molar-refractivity contribution in [1.29, 1.82) is 0 Å². The van der Waals surface area contributed by atoms with E-state index in [-0.39, 0.29) is 41.1 Å². The third kappa shape index (κ3) is 10.9. The molecule has 0 saturated heterocycles. The lowest BCUT2D eigenvalue weighted by Gasteiger charge is -2.10. The molecular formula is C41H34ClF4N11O4. The van der Waals surface area contributed by atoms with Crippen LogP contribution in [0.1, 0.15) is 51.6 Å². The Hall–Kier alpha value is -7.25. The first-order valence-corrected chi connectivity index (χ1v) is 18.7. The minimum atomic E-state index is -0.594. The fourth-order valence-electron chi connectivity index (χ4n) is 5.51. The predicted octanol–water partition coefficient (Wildman–Crippen LogP) is 6.87. The summed E-state index contributed by atoms with van der Waals surface area (Å²) in [6, 6.07) is 11.5. The molecule has 0 atom stereocenters. The molecule has 0 spiro atoms. The fraction of sp³-hybridized carbons (Fsp3) is 0.171. The van der Waals surface area contributed by atoms with Gasteiger partial charge in [-0.15, -0.1) is 0 Å². The summed E-state index contributed by atoms with van der Waals surface area (Å²) < 4.78 is 65.3. The van der Waals surface area contributed by atoms with Gasteiger partial charge in [-0.1, -0.05) is 11.6 Å². The van der Waals surface area contributed by atoms with Crippen LogP contribution in [0.25, 0.3) is 34.3 Å². The molecule has 0 radical (unpaired) electrons. The highest BCUT2D eigenvalue weighted by Crippen LogP contribution is 2.23. The summed E-state index contributed by atoms with van der Waals surface area (Å²) in [5, 5.41) is -0.0326. The number of aromatic nitrogens is 10. The van der Waals surface area contributed by atoms with E-state index in [1.807, 2.05) is 0 Å². The second-order valence-electron chi connectivity index (χ2n) is 12.5. The van der Waals surface area contributed by atoms with Gasteiger partial charge in [0.15, 0.2) is 11.6 Å². The summed E-state index contributed by atoms with van der Waals surface area (Å²) >= 11 is 6.00. The van der Waals surface area contributed by atoms with Gasteiger partial charge in [0.2, 0.25) is 0 Å². The molecule has 0 aliphatic heterocycles. The summed E-state index contributed by atoms with van der Waals surface area (Å²) in [5.74, 6) is -2.19. The van der Waals surface area contributed by atoms with E-state index in [9.17, 15) is 27.2 Å². The number of carbonyl (C=O) groups is 2. The SMILES string of the molecule is CCOC(=O)c1cnc(-c2cnc3ccc(F)cn23)nc1CCc1ccc(F)cn1.CCOC(=O)c1cnc(-c2cnc3ccc(F)cn23)nc1Cl.NCc1ccc(F)cn1. The number of nitrogens with zero attached hydrogens (tertiary/aromatic N) is 10. The molecule has 0 aliphatic carbocycles. The number of hydrogen-bond acceptors (Lipinski definition) is 13. The summed E-state index contributed by atoms with van der Waals surface area (Å²) in [6.07, 6.45) is 11.4. The van der Waals surface area contributed by atoms with Crippen molar-refractivity contribution in [3.63, 3.8) is 0 Å². The Morgan fingerprint density at radius 1 is 0.590 bits per heavy atom. The summed E-state index contributed by atoms with van der Waals surface area (Å²) in [4.78, 5) is 57.1. The number of imidazole rings is 2. The molecule has 8 rings (SSSR count). The van der Waals surface area contributed by atoms with Gasteiger partial charge in [-0.3, -0.25) is 18.8 Å². The third-order valence-corrected chi connectivity index (χ3v) is 8.69. The molecule has 2 N–H and O–H groups in total. The number of hydrogen-bond donors (Lipinski definition) is 1. The van der Waals surface area contributed by atoms with Crippen molar-refractivity contribution in [2.75, 3.05) is 13.2 Å². The Morgan fingerprint density at radius 2 is 1.08 bits per heavy atom. The van der Waals surface area contributed by atoms with E-state index in [1.165, 1.54) is 65.7 Å². The number of halogens is 5. The number of rotatable bonds is 10. The van der Waals surface area contributed by atoms with Crippen molar-refractivity contribution >= 4 is 34.8 Å². The van der Waals surface area contributed by atoms with Crippen LogP contribution >= 0.6 is 11.6 Å². The number of aryl methyl sites for hydroxylation is 2. The first kappa shape index (κ1) is 43.3. The van der Waals surface area contributed by atoms with Gasteiger partial charge in [0.05, 0.1) is 55.0 Å². The largest absolute Gasteiger partial charge is 0.462 e. The first-order chi connectivity index (χ1) is 29.5. The minimum absolute atomic E-state index is 0.0326. The molecule has 61 heavy (non-hydrogen) atoms. The van der Waals surface area contributed by atoms with E-state index in [4.69, 9.17) is 26.8 Å². The van der Waals surface area contributed by atoms with E-state index in [0.29, 0.717) is 65.0 Å². The number of ether oxygens (including phenoxy) is 2. The van der Waals surface area contributed by atoms with Crippen molar-refractivity contribution in [3.05, 3.63) is 155 Å². The third-order valence-electron chi connectivity index (χ3n) is 8.40. The first-order valence-electron chi connectivity index (χ1n) is 18.4. The van der Waals surface area contributed by atoms with Crippen molar-refractivity contribution in [3.8, 4) is 23.0 Å². The number of nitrogens with two attached hydrogens (primary N) is 1. The molecule has 0 aliphatic rings. The molecule has 0 bridgehead atoms. The average molecular weight is 856 g/mol. The number of esters is 2. The molecule has 20 heteroatoms. The van der Waals surface area contributed by atoms with Crippen LogP contribution in [0.2, 0.25) is 5.15 Å². The normalized spacial score (nSPS) is 10.8. The lowest BCUT2D eigenvalue weighted by molar-refractivity contribution is 0.0515. The number of pyridine rings is 4. The second kappa shape index (κ2) is 20.1. The van der Waals surface area contributed by atoms with Crippen molar-refractivity contribution < 1.29 is 36.6 Å². The maximum Gasteiger partial charge on any atom is 0.342 e. The van der Waals surface area contributed by atoms with E-state index in [0.717, 1.165) is 12.4 Å². The van der Waals surface area contributed by atoms with Crippen LogP contribution in [-0.4, -0.2) is 73.8 Å². The number of fused-ring (bicyclic) bond motifs is 2. The highest BCUT2D eigenvalue weighted by atomic mass is 35.5. The Labute approximate surface area is 349 Å². The molecule has 8 aromatic rings. The zero-order chi connectivity index (χ0) is 43.5. The van der Waals surface area contributed by atoms with Gasteiger partial charge in [-0.2, -0.15) is 0 Å². The quantitative estimate of drug-likeness (QED) is 0.0853. The van der Waals surface area contributed by atoms with Gasteiger partial charge >= 0.3 is 11.9 Å². The molecule has 0 aromatic carbocycles. The zero-order valence-corrected chi connectivity index (χ0v) is 33.1. The molecule has 8 aromatic heterocycles. The molecule has 8 heterocycles. The molecule has 0 unspecified atom stereocenters. The maximum atomic E-state index is 13.7. The molecular weight excluding hydrogens is 822 g/mol. The lowest BCUT2D eigenvalue weighted by Crippen LogP contribution is -2.12. The van der Waals surface area contributed by atoms with Gasteiger partial charge in [0.25, 0.3) is 0 Å². The van der Waals surface area contributed by atoms with Crippen LogP contribution in [0.5, 0.6) is 0 Å². The van der Waals surface area contributed by atoms with Gasteiger partial charge < -0.3 is 15.2 Å². The van der Waals surface area contributed by atoms with E-state index in [2.05, 4.69) is 39.9 Å². The van der Waals surface area contributed by atoms with Gasteiger partial charge in [0, 0.05) is 37.0 Å². The van der Waals surface area contributed by atoms with Gasteiger partial charge in [-0.25, -0.2) is 57.1 Å². The topological polar surface area (TPSA) is 191 Å². The zero-order valence-electron chi connectivity index (χ0n) is 32.3. The van der Waals surface area contributed by atoms with Crippen LogP contribution in [-0.2, 0) is 28.9 Å². The lowest BCUT2D eigenvalue weighted by atomic mass is 10.1. The monoisotopic (exact) mass is 855 g/mol. The highest BCUT2D eigenvalue weighted by molar-refractivity contribution is 6.32. The van der Waals surface area contributed by atoms with E-state index >= 15 is 0 Å². The Bertz CT molecular complexity index is 2790. The van der Waals surface area contributed by atoms with E-state index in [1.54, 1.807) is 42.6 Å². The fourth-order valence-corrected chi connectivity index (χ4v) is 5.71. The van der Waals surface area contributed by atoms with Crippen molar-refractivity contribution in [2.24, 2.45) is 5.73 Å². The predicted molar refractivity (Wildman–Crippen MR) is 213 cm³/mol. The molecule has 15 nitrogen and oxygen atoms in total. The standard InChI is InChI=1S/C21H17F2N5O2.C14H10ClFN4O2.C6H7FN2/c1-2-30-21(29)16-10-26-20(18-11-25-19-8-4-14(23)12-28(18)19)27-17(16)7-6-15-5-3-13(22)9-24-15;1-2-22-14(21)9-5-18-13(19-12(9)15)10-6-17-11-4-3-8(16)7-20(10)11;7-5-1-2-6(3-8)9-4-5/h3-5,8-12H,2,6-7H2,1H3;3-7H,2H2,1H3;1-2,4H,3,8H2. The highest BCUT2D eigenvalue weighted by Gasteiger charge is 2.19. The van der Waals surface area contributed by atoms with Gasteiger partial charge in [0.1, 0.15) is 56.7 Å². The van der Waals surface area contributed by atoms with E-state index < -0.39 is 29.4 Å². The molecule has 0 amide bonds. The van der Waals surface area contributed by atoms with Crippen molar-refractivity contribution in [1.82, 2.24) is 48.7 Å². The average Bonchev–Trinajstić information content (AvgIpc) is 3.88. The smallest absolute Gasteiger partial charge is 0.342 e. The van der Waals surface area contributed by atoms with Crippen LogP contribution in [0.3, 0.4) is 0 Å².